The van der Waals surface area contributed by atoms with E-state index in [0.717, 1.165) is 35.5 Å². The molecule has 1 N–H and O–H groups in total. The molecule has 2 heterocycles. The molecule has 26 heavy (non-hydrogen) atoms. The molecule has 138 valence electrons. The summed E-state index contributed by atoms with van der Waals surface area (Å²) in [7, 11) is 0. The summed E-state index contributed by atoms with van der Waals surface area (Å²) < 4.78 is 0. The quantitative estimate of drug-likeness (QED) is 0.841. The Bertz CT molecular complexity index is 759. The predicted octanol–water partition coefficient (Wildman–Crippen LogP) is 3.77. The van der Waals surface area contributed by atoms with Crippen molar-refractivity contribution in [3.63, 3.8) is 0 Å². The van der Waals surface area contributed by atoms with Crippen LogP contribution in [0.15, 0.2) is 35.7 Å². The number of carbonyl (C=O) groups is 2. The van der Waals surface area contributed by atoms with Gasteiger partial charge in [-0.3, -0.25) is 9.59 Å². The summed E-state index contributed by atoms with van der Waals surface area (Å²) in [5, 5.41) is 6.03. The zero-order chi connectivity index (χ0) is 18.5. The molecule has 1 fully saturated rings. The van der Waals surface area contributed by atoms with Crippen molar-refractivity contribution in [2.24, 2.45) is 0 Å². The Labute approximate surface area is 158 Å². The van der Waals surface area contributed by atoms with Crippen LogP contribution in [0, 0.1) is 6.92 Å². The third kappa shape index (κ3) is 4.12. The average molecular weight is 372 g/mol. The van der Waals surface area contributed by atoms with Gasteiger partial charge in [0.05, 0.1) is 6.04 Å². The van der Waals surface area contributed by atoms with Gasteiger partial charge in [0.25, 0.3) is 0 Å². The standard InChI is InChI=1S/C20H25N3O2S/c1-3-16(20-21-14(2)13-26-20)22-19(25)18(15-9-5-4-6-10-15)23-12-8-7-11-17(23)24/h4-6,9-10,13,16,18H,3,7-8,11-12H2,1-2H3,(H,22,25). The van der Waals surface area contributed by atoms with E-state index >= 15 is 0 Å². The van der Waals surface area contributed by atoms with E-state index < -0.39 is 6.04 Å². The third-order valence-electron chi connectivity index (χ3n) is 4.69. The summed E-state index contributed by atoms with van der Waals surface area (Å²) in [5.41, 5.74) is 1.81. The lowest BCUT2D eigenvalue weighted by atomic mass is 10.00. The Kier molecular flexibility index (Phi) is 6.04. The van der Waals surface area contributed by atoms with Crippen molar-refractivity contribution in [2.45, 2.75) is 51.6 Å². The van der Waals surface area contributed by atoms with Crippen LogP contribution in [0.3, 0.4) is 0 Å². The second-order valence-corrected chi connectivity index (χ2v) is 7.54. The number of hydrogen-bond acceptors (Lipinski definition) is 4. The first-order valence-corrected chi connectivity index (χ1v) is 10.0. The molecule has 3 rings (SSSR count). The molecule has 1 aromatic carbocycles. The highest BCUT2D eigenvalue weighted by molar-refractivity contribution is 7.09. The largest absolute Gasteiger partial charge is 0.345 e. The molecule has 0 bridgehead atoms. The van der Waals surface area contributed by atoms with Gasteiger partial charge in [0.2, 0.25) is 11.8 Å². The van der Waals surface area contributed by atoms with Crippen molar-refractivity contribution in [3.05, 3.63) is 52.0 Å². The normalized spacial score (nSPS) is 17.0. The van der Waals surface area contributed by atoms with Crippen LogP contribution in [0.25, 0.3) is 0 Å². The maximum Gasteiger partial charge on any atom is 0.248 e. The Morgan fingerprint density at radius 2 is 2.08 bits per heavy atom. The SMILES string of the molecule is CCC(NC(=O)C(c1ccccc1)N1CCCCC1=O)c1nc(C)cs1. The number of piperidine rings is 1. The van der Waals surface area contributed by atoms with Crippen LogP contribution >= 0.6 is 11.3 Å². The second kappa shape index (κ2) is 8.45. The second-order valence-electron chi connectivity index (χ2n) is 6.65. The Balaban J connectivity index is 1.85. The van der Waals surface area contributed by atoms with Crippen LogP contribution < -0.4 is 5.32 Å². The highest BCUT2D eigenvalue weighted by atomic mass is 32.1. The minimum Gasteiger partial charge on any atom is -0.345 e. The Morgan fingerprint density at radius 3 is 2.69 bits per heavy atom. The molecule has 1 aromatic heterocycles. The monoisotopic (exact) mass is 371 g/mol. The maximum atomic E-state index is 13.2. The number of thiazole rings is 1. The number of carbonyl (C=O) groups excluding carboxylic acids is 2. The van der Waals surface area contributed by atoms with Crippen LogP contribution in [-0.2, 0) is 9.59 Å². The first-order chi connectivity index (χ1) is 12.6. The average Bonchev–Trinajstić information content (AvgIpc) is 3.08. The van der Waals surface area contributed by atoms with Gasteiger partial charge in [-0.05, 0) is 31.7 Å². The summed E-state index contributed by atoms with van der Waals surface area (Å²) in [4.78, 5) is 31.9. The van der Waals surface area contributed by atoms with Gasteiger partial charge >= 0.3 is 0 Å². The number of nitrogens with one attached hydrogen (secondary N) is 1. The van der Waals surface area contributed by atoms with Gasteiger partial charge < -0.3 is 10.2 Å². The summed E-state index contributed by atoms with van der Waals surface area (Å²) in [6, 6.07) is 8.86. The number of aromatic nitrogens is 1. The minimum absolute atomic E-state index is 0.0541. The van der Waals surface area contributed by atoms with Gasteiger partial charge in [0.15, 0.2) is 0 Å². The van der Waals surface area contributed by atoms with E-state index in [2.05, 4.69) is 10.3 Å². The van der Waals surface area contributed by atoms with Gasteiger partial charge in [-0.2, -0.15) is 0 Å². The molecule has 2 unspecified atom stereocenters. The molecule has 2 aromatic rings. The molecule has 0 radical (unpaired) electrons. The predicted molar refractivity (Wildman–Crippen MR) is 103 cm³/mol. The Hall–Kier alpha value is -2.21. The van der Waals surface area contributed by atoms with E-state index in [9.17, 15) is 9.59 Å². The lowest BCUT2D eigenvalue weighted by Crippen LogP contribution is -2.46. The van der Waals surface area contributed by atoms with E-state index in [1.807, 2.05) is 49.6 Å². The van der Waals surface area contributed by atoms with Gasteiger partial charge in [-0.15, -0.1) is 11.3 Å². The molecule has 5 nitrogen and oxygen atoms in total. The number of amides is 2. The van der Waals surface area contributed by atoms with Crippen LogP contribution in [-0.4, -0.2) is 28.2 Å². The van der Waals surface area contributed by atoms with Crippen molar-refractivity contribution in [1.29, 1.82) is 0 Å². The molecule has 1 aliphatic rings. The van der Waals surface area contributed by atoms with Crippen molar-refractivity contribution in [1.82, 2.24) is 15.2 Å². The molecule has 0 spiro atoms. The fourth-order valence-electron chi connectivity index (χ4n) is 3.33. The molecular weight excluding hydrogens is 346 g/mol. The number of likely N-dealkylation sites (tertiary alicyclic amines) is 1. The van der Waals surface area contributed by atoms with E-state index in [0.29, 0.717) is 13.0 Å². The number of aryl methyl sites for hydroxylation is 1. The lowest BCUT2D eigenvalue weighted by molar-refractivity contribution is -0.143. The number of rotatable bonds is 6. The topological polar surface area (TPSA) is 62.3 Å². The number of benzene rings is 1. The molecular formula is C20H25N3O2S. The highest BCUT2D eigenvalue weighted by Gasteiger charge is 2.33. The number of nitrogens with zero attached hydrogens (tertiary/aromatic N) is 2. The van der Waals surface area contributed by atoms with Crippen LogP contribution in [0.4, 0.5) is 0 Å². The summed E-state index contributed by atoms with van der Waals surface area (Å²) >= 11 is 1.56. The fourth-order valence-corrected chi connectivity index (χ4v) is 4.26. The smallest absolute Gasteiger partial charge is 0.248 e. The molecule has 1 saturated heterocycles. The molecule has 2 atom stereocenters. The van der Waals surface area contributed by atoms with Crippen LogP contribution in [0.5, 0.6) is 0 Å². The summed E-state index contributed by atoms with van der Waals surface area (Å²) in [6.45, 7) is 4.61. The first-order valence-electron chi connectivity index (χ1n) is 9.17. The highest BCUT2D eigenvalue weighted by Crippen LogP contribution is 2.28. The van der Waals surface area contributed by atoms with Gasteiger partial charge in [0.1, 0.15) is 11.0 Å². The molecule has 6 heteroatoms. The lowest BCUT2D eigenvalue weighted by Gasteiger charge is -2.34. The van der Waals surface area contributed by atoms with E-state index in [1.165, 1.54) is 0 Å². The van der Waals surface area contributed by atoms with Crippen molar-refractivity contribution in [3.8, 4) is 0 Å². The zero-order valence-corrected chi connectivity index (χ0v) is 16.1. The zero-order valence-electron chi connectivity index (χ0n) is 15.3. The number of hydrogen-bond donors (Lipinski definition) is 1. The van der Waals surface area contributed by atoms with Crippen LogP contribution in [0.1, 0.15) is 61.0 Å². The van der Waals surface area contributed by atoms with Crippen molar-refractivity contribution < 1.29 is 9.59 Å². The van der Waals surface area contributed by atoms with Crippen LogP contribution in [0.2, 0.25) is 0 Å². The van der Waals surface area contributed by atoms with Gasteiger partial charge in [-0.1, -0.05) is 37.3 Å². The third-order valence-corrected chi connectivity index (χ3v) is 5.77. The molecule has 2 amide bonds. The molecule has 0 saturated carbocycles. The summed E-state index contributed by atoms with van der Waals surface area (Å²) in [5.74, 6) is -0.0791. The van der Waals surface area contributed by atoms with E-state index in [-0.39, 0.29) is 17.9 Å². The molecule has 0 aliphatic carbocycles. The van der Waals surface area contributed by atoms with E-state index in [4.69, 9.17) is 0 Å². The first kappa shape index (κ1) is 18.6. The fraction of sp³-hybridized carbons (Fsp3) is 0.450. The van der Waals surface area contributed by atoms with Gasteiger partial charge in [-0.25, -0.2) is 4.98 Å². The molecule has 1 aliphatic heterocycles. The summed E-state index contributed by atoms with van der Waals surface area (Å²) in [6.07, 6.45) is 3.10. The van der Waals surface area contributed by atoms with E-state index in [1.54, 1.807) is 16.2 Å². The minimum atomic E-state index is -0.584. The Morgan fingerprint density at radius 1 is 1.31 bits per heavy atom. The van der Waals surface area contributed by atoms with Crippen molar-refractivity contribution >= 4 is 23.2 Å². The van der Waals surface area contributed by atoms with Crippen molar-refractivity contribution in [2.75, 3.05) is 6.54 Å². The van der Waals surface area contributed by atoms with Gasteiger partial charge in [0, 0.05) is 24.0 Å². The maximum absolute atomic E-state index is 13.2.